The number of anilines is 1. The summed E-state index contributed by atoms with van der Waals surface area (Å²) in [4.78, 5) is 14.6. The summed E-state index contributed by atoms with van der Waals surface area (Å²) < 4.78 is 5.23. The second-order valence-electron chi connectivity index (χ2n) is 4.83. The Morgan fingerprint density at radius 2 is 2.05 bits per heavy atom. The van der Waals surface area contributed by atoms with Crippen molar-refractivity contribution in [1.82, 2.24) is 4.98 Å². The van der Waals surface area contributed by atoms with E-state index in [0.717, 1.165) is 34.6 Å². The fourth-order valence-electron chi connectivity index (χ4n) is 2.51. The van der Waals surface area contributed by atoms with E-state index in [9.17, 15) is 4.79 Å². The molecule has 0 saturated carbocycles. The van der Waals surface area contributed by atoms with Gasteiger partial charge in [0.1, 0.15) is 11.4 Å². The number of hydrogen-bond acceptors (Lipinski definition) is 3. The number of pyridine rings is 1. The first-order chi connectivity index (χ1) is 9.56. The molecule has 0 unspecified atom stereocenters. The van der Waals surface area contributed by atoms with E-state index >= 15 is 0 Å². The number of nitrogen functional groups attached to an aromatic ring is 1. The molecule has 1 aromatic heterocycles. The zero-order chi connectivity index (χ0) is 14.7. The van der Waals surface area contributed by atoms with Gasteiger partial charge in [-0.25, -0.2) is 0 Å². The molecule has 4 heteroatoms. The minimum absolute atomic E-state index is 0.211. The van der Waals surface area contributed by atoms with Gasteiger partial charge >= 0.3 is 0 Å². The molecule has 0 aliphatic rings. The van der Waals surface area contributed by atoms with Gasteiger partial charge in [0.2, 0.25) is 0 Å². The SMILES string of the molecule is CCc1c(C)[nH]c(=O)c(N)c1Cc1cccc(OC)c1. The zero-order valence-electron chi connectivity index (χ0n) is 12.1. The smallest absolute Gasteiger partial charge is 0.271 e. The first-order valence-corrected chi connectivity index (χ1v) is 6.69. The molecule has 20 heavy (non-hydrogen) atoms. The number of nitrogens with two attached hydrogens (primary N) is 1. The second-order valence-corrected chi connectivity index (χ2v) is 4.83. The van der Waals surface area contributed by atoms with Crippen LogP contribution in [-0.4, -0.2) is 12.1 Å². The Labute approximate surface area is 118 Å². The highest BCUT2D eigenvalue weighted by Gasteiger charge is 2.13. The molecule has 0 saturated heterocycles. The molecular weight excluding hydrogens is 252 g/mol. The van der Waals surface area contributed by atoms with E-state index in [0.29, 0.717) is 12.1 Å². The van der Waals surface area contributed by atoms with Crippen LogP contribution in [0.2, 0.25) is 0 Å². The van der Waals surface area contributed by atoms with Gasteiger partial charge in [0.05, 0.1) is 7.11 Å². The lowest BCUT2D eigenvalue weighted by Gasteiger charge is -2.14. The minimum Gasteiger partial charge on any atom is -0.497 e. The van der Waals surface area contributed by atoms with E-state index in [1.54, 1.807) is 7.11 Å². The topological polar surface area (TPSA) is 68.1 Å². The van der Waals surface area contributed by atoms with Crippen LogP contribution >= 0.6 is 0 Å². The lowest BCUT2D eigenvalue weighted by atomic mass is 9.96. The van der Waals surface area contributed by atoms with E-state index in [-0.39, 0.29) is 5.56 Å². The molecular formula is C16H20N2O2. The van der Waals surface area contributed by atoms with Gasteiger partial charge in [0.15, 0.2) is 0 Å². The van der Waals surface area contributed by atoms with E-state index in [1.165, 1.54) is 0 Å². The molecule has 1 aromatic carbocycles. The van der Waals surface area contributed by atoms with Crippen LogP contribution in [0.15, 0.2) is 29.1 Å². The predicted octanol–water partition coefficient (Wildman–Crippen LogP) is 2.43. The Kier molecular flexibility index (Phi) is 4.13. The van der Waals surface area contributed by atoms with Crippen molar-refractivity contribution in [2.24, 2.45) is 0 Å². The average Bonchev–Trinajstić information content (AvgIpc) is 2.45. The monoisotopic (exact) mass is 272 g/mol. The van der Waals surface area contributed by atoms with Crippen molar-refractivity contribution in [2.45, 2.75) is 26.7 Å². The number of H-pyrrole nitrogens is 1. The molecule has 0 radical (unpaired) electrons. The van der Waals surface area contributed by atoms with Crippen LogP contribution in [0.4, 0.5) is 5.69 Å². The van der Waals surface area contributed by atoms with Crippen LogP contribution in [0.5, 0.6) is 5.75 Å². The maximum atomic E-state index is 11.8. The third-order valence-corrected chi connectivity index (χ3v) is 3.56. The van der Waals surface area contributed by atoms with Gasteiger partial charge < -0.3 is 15.5 Å². The summed E-state index contributed by atoms with van der Waals surface area (Å²) >= 11 is 0. The Bertz CT molecular complexity index is 675. The van der Waals surface area contributed by atoms with Crippen LogP contribution in [0.25, 0.3) is 0 Å². The molecule has 1 heterocycles. The number of methoxy groups -OCH3 is 1. The van der Waals surface area contributed by atoms with Crippen molar-refractivity contribution in [1.29, 1.82) is 0 Å². The highest BCUT2D eigenvalue weighted by Crippen LogP contribution is 2.22. The van der Waals surface area contributed by atoms with Gasteiger partial charge in [-0.2, -0.15) is 0 Å². The number of nitrogens with one attached hydrogen (secondary N) is 1. The third-order valence-electron chi connectivity index (χ3n) is 3.56. The van der Waals surface area contributed by atoms with E-state index in [1.807, 2.05) is 31.2 Å². The van der Waals surface area contributed by atoms with Crippen LogP contribution < -0.4 is 16.0 Å². The van der Waals surface area contributed by atoms with Crippen LogP contribution in [-0.2, 0) is 12.8 Å². The number of hydrogen-bond donors (Lipinski definition) is 2. The summed E-state index contributed by atoms with van der Waals surface area (Å²) in [5.41, 5.74) is 10.1. The van der Waals surface area contributed by atoms with Gasteiger partial charge in [-0.15, -0.1) is 0 Å². The Balaban J connectivity index is 2.49. The first-order valence-electron chi connectivity index (χ1n) is 6.69. The molecule has 0 fully saturated rings. The lowest BCUT2D eigenvalue weighted by Crippen LogP contribution is -2.19. The Hall–Kier alpha value is -2.23. The highest BCUT2D eigenvalue weighted by atomic mass is 16.5. The lowest BCUT2D eigenvalue weighted by molar-refractivity contribution is 0.414. The summed E-state index contributed by atoms with van der Waals surface area (Å²) in [5, 5.41) is 0. The maximum absolute atomic E-state index is 11.8. The third kappa shape index (κ3) is 2.69. The number of aromatic nitrogens is 1. The van der Waals surface area contributed by atoms with Crippen LogP contribution in [0.3, 0.4) is 0 Å². The molecule has 0 spiro atoms. The molecule has 2 rings (SSSR count). The molecule has 0 aliphatic carbocycles. The normalized spacial score (nSPS) is 10.6. The molecule has 106 valence electrons. The van der Waals surface area contributed by atoms with Crippen LogP contribution in [0.1, 0.15) is 29.3 Å². The van der Waals surface area contributed by atoms with Crippen molar-refractivity contribution in [3.63, 3.8) is 0 Å². The van der Waals surface area contributed by atoms with E-state index < -0.39 is 0 Å². The number of rotatable bonds is 4. The summed E-state index contributed by atoms with van der Waals surface area (Å²) in [6.07, 6.45) is 1.48. The van der Waals surface area contributed by atoms with Crippen molar-refractivity contribution < 1.29 is 4.74 Å². The molecule has 3 N–H and O–H groups in total. The Morgan fingerprint density at radius 1 is 1.30 bits per heavy atom. The predicted molar refractivity (Wildman–Crippen MR) is 81.4 cm³/mol. The van der Waals surface area contributed by atoms with Gasteiger partial charge in [0.25, 0.3) is 5.56 Å². The molecule has 0 atom stereocenters. The van der Waals surface area contributed by atoms with Crippen LogP contribution in [0, 0.1) is 6.92 Å². The molecule has 0 aliphatic heterocycles. The summed E-state index contributed by atoms with van der Waals surface area (Å²) in [6.45, 7) is 3.98. The van der Waals surface area contributed by atoms with Crippen molar-refractivity contribution >= 4 is 5.69 Å². The maximum Gasteiger partial charge on any atom is 0.271 e. The quantitative estimate of drug-likeness (QED) is 0.898. The number of benzene rings is 1. The summed E-state index contributed by atoms with van der Waals surface area (Å²) in [7, 11) is 1.64. The van der Waals surface area contributed by atoms with E-state index in [2.05, 4.69) is 11.9 Å². The number of aryl methyl sites for hydroxylation is 1. The molecule has 2 aromatic rings. The zero-order valence-corrected chi connectivity index (χ0v) is 12.1. The fourth-order valence-corrected chi connectivity index (χ4v) is 2.51. The van der Waals surface area contributed by atoms with Crippen molar-refractivity contribution in [3.05, 3.63) is 57.0 Å². The fraction of sp³-hybridized carbons (Fsp3) is 0.312. The summed E-state index contributed by atoms with van der Waals surface area (Å²) in [6, 6.07) is 7.82. The largest absolute Gasteiger partial charge is 0.497 e. The first kappa shape index (κ1) is 14.2. The highest BCUT2D eigenvalue weighted by molar-refractivity contribution is 5.53. The number of aromatic amines is 1. The minimum atomic E-state index is -0.211. The van der Waals surface area contributed by atoms with Crippen molar-refractivity contribution in [3.8, 4) is 5.75 Å². The standard InChI is InChI=1S/C16H20N2O2/c1-4-13-10(2)18-16(19)15(17)14(13)9-11-6-5-7-12(8-11)20-3/h5-8H,4,9,17H2,1-3H3,(H,18,19). The van der Waals surface area contributed by atoms with E-state index in [4.69, 9.17) is 10.5 Å². The number of ether oxygens (including phenoxy) is 1. The van der Waals surface area contributed by atoms with Gasteiger partial charge in [-0.1, -0.05) is 19.1 Å². The molecule has 0 amide bonds. The Morgan fingerprint density at radius 3 is 2.70 bits per heavy atom. The van der Waals surface area contributed by atoms with Gasteiger partial charge in [-0.05, 0) is 42.2 Å². The molecule has 0 bridgehead atoms. The van der Waals surface area contributed by atoms with Crippen molar-refractivity contribution in [2.75, 3.05) is 12.8 Å². The second kappa shape index (κ2) is 5.82. The summed E-state index contributed by atoms with van der Waals surface area (Å²) in [5.74, 6) is 0.806. The molecule has 4 nitrogen and oxygen atoms in total. The van der Waals surface area contributed by atoms with Gasteiger partial charge in [-0.3, -0.25) is 4.79 Å². The van der Waals surface area contributed by atoms with Gasteiger partial charge in [0, 0.05) is 12.1 Å². The average molecular weight is 272 g/mol.